The molecule has 0 radical (unpaired) electrons. The third-order valence-corrected chi connectivity index (χ3v) is 2.71. The fourth-order valence-corrected chi connectivity index (χ4v) is 1.44. The highest BCUT2D eigenvalue weighted by Crippen LogP contribution is 2.49. The summed E-state index contributed by atoms with van der Waals surface area (Å²) in [6.07, 6.45) is 2.71. The summed E-state index contributed by atoms with van der Waals surface area (Å²) in [5.41, 5.74) is 4.98. The summed E-state index contributed by atoms with van der Waals surface area (Å²) >= 11 is 3.21. The quantitative estimate of drug-likeness (QED) is 0.805. The van der Waals surface area contributed by atoms with E-state index in [0.29, 0.717) is 28.7 Å². The van der Waals surface area contributed by atoms with Gasteiger partial charge in [0.1, 0.15) is 11.5 Å². The summed E-state index contributed by atoms with van der Waals surface area (Å²) in [5, 5.41) is 0. The van der Waals surface area contributed by atoms with Gasteiger partial charge in [-0.2, -0.15) is 0 Å². The average Bonchev–Trinajstić information content (AvgIpc) is 2.75. The zero-order chi connectivity index (χ0) is 8.77. The number of anilines is 1. The molecule has 0 bridgehead atoms. The molecule has 64 valence electrons. The van der Waals surface area contributed by atoms with E-state index < -0.39 is 5.67 Å². The predicted molar refractivity (Wildman–Crippen MR) is 48.4 cm³/mol. The fraction of sp³-hybridized carbons (Fsp3) is 0.375. The van der Waals surface area contributed by atoms with Crippen LogP contribution >= 0.6 is 15.9 Å². The van der Waals surface area contributed by atoms with Crippen molar-refractivity contribution in [3.63, 3.8) is 0 Å². The van der Waals surface area contributed by atoms with E-state index in [1.54, 1.807) is 6.07 Å². The lowest BCUT2D eigenvalue weighted by Gasteiger charge is -2.05. The summed E-state index contributed by atoms with van der Waals surface area (Å²) < 4.78 is 14.1. The Morgan fingerprint density at radius 2 is 2.25 bits per heavy atom. The minimum atomic E-state index is -1.12. The van der Waals surface area contributed by atoms with E-state index in [-0.39, 0.29) is 0 Å². The van der Waals surface area contributed by atoms with Crippen molar-refractivity contribution >= 4 is 21.7 Å². The van der Waals surface area contributed by atoms with Crippen LogP contribution < -0.4 is 5.73 Å². The minimum Gasteiger partial charge on any atom is -0.383 e. The molecule has 1 aliphatic rings. The number of aromatic nitrogens is 1. The van der Waals surface area contributed by atoms with Crippen molar-refractivity contribution in [1.82, 2.24) is 4.98 Å². The second-order valence-corrected chi connectivity index (χ2v) is 3.91. The molecule has 2 N–H and O–H groups in total. The molecule has 0 atom stereocenters. The number of nitrogen functional groups attached to an aromatic ring is 1. The van der Waals surface area contributed by atoms with E-state index in [0.717, 1.165) is 0 Å². The topological polar surface area (TPSA) is 38.9 Å². The Morgan fingerprint density at radius 3 is 2.75 bits per heavy atom. The number of pyridine rings is 1. The minimum absolute atomic E-state index is 0.406. The van der Waals surface area contributed by atoms with Gasteiger partial charge in [-0.15, -0.1) is 0 Å². The van der Waals surface area contributed by atoms with Crippen molar-refractivity contribution in [2.24, 2.45) is 0 Å². The molecule has 1 heterocycles. The van der Waals surface area contributed by atoms with Gasteiger partial charge >= 0.3 is 0 Å². The van der Waals surface area contributed by atoms with Crippen molar-refractivity contribution in [2.45, 2.75) is 18.5 Å². The van der Waals surface area contributed by atoms with Crippen LogP contribution in [0.4, 0.5) is 10.2 Å². The summed E-state index contributed by atoms with van der Waals surface area (Å²) in [6.45, 7) is 0. The zero-order valence-electron chi connectivity index (χ0n) is 6.35. The SMILES string of the molecule is Nc1ncc(C2(F)CC2)cc1Br. The Morgan fingerprint density at radius 1 is 1.58 bits per heavy atom. The third-order valence-electron chi connectivity index (χ3n) is 2.08. The highest BCUT2D eigenvalue weighted by atomic mass is 79.9. The number of hydrogen-bond donors (Lipinski definition) is 1. The number of halogens is 2. The molecule has 0 aliphatic heterocycles. The number of alkyl halides is 1. The van der Waals surface area contributed by atoms with Crippen LogP contribution in [0.5, 0.6) is 0 Å². The van der Waals surface area contributed by atoms with Gasteiger partial charge in [-0.3, -0.25) is 0 Å². The van der Waals surface area contributed by atoms with E-state index in [9.17, 15) is 4.39 Å². The van der Waals surface area contributed by atoms with E-state index in [4.69, 9.17) is 5.73 Å². The molecule has 0 spiro atoms. The number of nitrogens with two attached hydrogens (primary N) is 1. The summed E-state index contributed by atoms with van der Waals surface area (Å²) in [6, 6.07) is 1.70. The Bertz CT molecular complexity index is 323. The second kappa shape index (κ2) is 2.42. The Balaban J connectivity index is 2.41. The molecule has 0 saturated heterocycles. The van der Waals surface area contributed by atoms with Crippen molar-refractivity contribution < 1.29 is 4.39 Å². The maximum absolute atomic E-state index is 13.4. The van der Waals surface area contributed by atoms with Crippen molar-refractivity contribution in [1.29, 1.82) is 0 Å². The lowest BCUT2D eigenvalue weighted by Crippen LogP contribution is -2.00. The summed E-state index contributed by atoms with van der Waals surface area (Å²) in [4.78, 5) is 3.88. The molecule has 0 amide bonds. The van der Waals surface area contributed by atoms with Crippen molar-refractivity contribution in [3.8, 4) is 0 Å². The van der Waals surface area contributed by atoms with Crippen molar-refractivity contribution in [2.75, 3.05) is 5.73 Å². The molecular weight excluding hydrogens is 223 g/mol. The van der Waals surface area contributed by atoms with Gasteiger partial charge in [0, 0.05) is 11.8 Å². The Kier molecular flexibility index (Phi) is 1.61. The van der Waals surface area contributed by atoms with Gasteiger partial charge in [0.05, 0.1) is 4.47 Å². The van der Waals surface area contributed by atoms with Gasteiger partial charge < -0.3 is 5.73 Å². The average molecular weight is 231 g/mol. The lowest BCUT2D eigenvalue weighted by molar-refractivity contribution is 0.316. The molecular formula is C8H8BrFN2. The summed E-state index contributed by atoms with van der Waals surface area (Å²) in [5.74, 6) is 0.406. The third kappa shape index (κ3) is 1.20. The lowest BCUT2D eigenvalue weighted by atomic mass is 10.1. The molecule has 0 unspecified atom stereocenters. The largest absolute Gasteiger partial charge is 0.383 e. The highest BCUT2D eigenvalue weighted by Gasteiger charge is 2.45. The molecule has 2 nitrogen and oxygen atoms in total. The standard InChI is InChI=1S/C8H8BrFN2/c9-6-3-5(4-12-7(6)11)8(10)1-2-8/h3-4H,1-2H2,(H2,11,12). The normalized spacial score (nSPS) is 19.2. The molecule has 1 saturated carbocycles. The van der Waals surface area contributed by atoms with E-state index in [1.165, 1.54) is 6.20 Å². The smallest absolute Gasteiger partial charge is 0.137 e. The Hall–Kier alpha value is -0.640. The fourth-order valence-electron chi connectivity index (χ4n) is 1.09. The molecule has 2 rings (SSSR count). The van der Waals surface area contributed by atoms with Crippen LogP contribution in [-0.2, 0) is 5.67 Å². The first kappa shape index (κ1) is 7.98. The van der Waals surface area contributed by atoms with Gasteiger partial charge in [-0.05, 0) is 34.8 Å². The van der Waals surface area contributed by atoms with Gasteiger partial charge in [0.15, 0.2) is 0 Å². The molecule has 4 heteroatoms. The first-order valence-corrected chi connectivity index (χ1v) is 4.51. The van der Waals surface area contributed by atoms with E-state index >= 15 is 0 Å². The molecule has 12 heavy (non-hydrogen) atoms. The second-order valence-electron chi connectivity index (χ2n) is 3.06. The van der Waals surface area contributed by atoms with Gasteiger partial charge in [0.2, 0.25) is 0 Å². The molecule has 0 aromatic carbocycles. The molecule has 1 aliphatic carbocycles. The van der Waals surface area contributed by atoms with E-state index in [2.05, 4.69) is 20.9 Å². The van der Waals surface area contributed by atoms with Gasteiger partial charge in [-0.25, -0.2) is 9.37 Å². The maximum atomic E-state index is 13.4. The number of nitrogens with zero attached hydrogens (tertiary/aromatic N) is 1. The highest BCUT2D eigenvalue weighted by molar-refractivity contribution is 9.10. The van der Waals surface area contributed by atoms with Crippen LogP contribution in [0.25, 0.3) is 0 Å². The van der Waals surface area contributed by atoms with Crippen LogP contribution in [-0.4, -0.2) is 4.98 Å². The molecule has 1 aromatic rings. The summed E-state index contributed by atoms with van der Waals surface area (Å²) in [7, 11) is 0. The molecule has 1 fully saturated rings. The Labute approximate surface area is 78.1 Å². The van der Waals surface area contributed by atoms with Crippen LogP contribution in [0, 0.1) is 0 Å². The first-order chi connectivity index (χ1) is 5.62. The number of rotatable bonds is 1. The van der Waals surface area contributed by atoms with Gasteiger partial charge in [-0.1, -0.05) is 0 Å². The predicted octanol–water partition coefficient (Wildman–Crippen LogP) is 2.38. The van der Waals surface area contributed by atoms with Crippen LogP contribution in [0.1, 0.15) is 18.4 Å². The first-order valence-electron chi connectivity index (χ1n) is 3.72. The van der Waals surface area contributed by atoms with E-state index in [1.807, 2.05) is 0 Å². The van der Waals surface area contributed by atoms with Crippen molar-refractivity contribution in [3.05, 3.63) is 22.3 Å². The van der Waals surface area contributed by atoms with Gasteiger partial charge in [0.25, 0.3) is 0 Å². The molecule has 1 aromatic heterocycles. The maximum Gasteiger partial charge on any atom is 0.137 e. The zero-order valence-corrected chi connectivity index (χ0v) is 7.94. The number of hydrogen-bond acceptors (Lipinski definition) is 2. The van der Waals surface area contributed by atoms with Crippen LogP contribution in [0.2, 0.25) is 0 Å². The monoisotopic (exact) mass is 230 g/mol. The van der Waals surface area contributed by atoms with Crippen LogP contribution in [0.15, 0.2) is 16.7 Å². The van der Waals surface area contributed by atoms with Crippen LogP contribution in [0.3, 0.4) is 0 Å².